The third-order valence-corrected chi connectivity index (χ3v) is 11.4. The van der Waals surface area contributed by atoms with Crippen LogP contribution in [-0.4, -0.2) is 19.5 Å². The minimum Gasteiger partial charge on any atom is -0.456 e. The van der Waals surface area contributed by atoms with Crippen LogP contribution in [0.4, 0.5) is 0 Å². The fourth-order valence-electron chi connectivity index (χ4n) is 8.77. The zero-order chi connectivity index (χ0) is 37.5. The standard InChI is InChI=1S/C51H32N4O2/c1-3-13-31(14-4-1)33-17-11-18-34(29-33)50-52-49(32-15-5-2-6-16-32)53-51(54-50)41-21-12-24-44-46(41)40-26-25-35(30-45(40)56-44)55-42-22-9-7-19-36(42)38-27-28-39-37-20-8-10-23-43(37)57-48(39)47(38)55/h1-20,22-30,41H,21H2. The van der Waals surface area contributed by atoms with Crippen molar-refractivity contribution in [2.24, 2.45) is 0 Å². The molecule has 0 saturated carbocycles. The van der Waals surface area contributed by atoms with E-state index in [0.717, 1.165) is 101 Å². The fourth-order valence-corrected chi connectivity index (χ4v) is 8.77. The molecule has 7 aromatic carbocycles. The smallest absolute Gasteiger partial charge is 0.163 e. The molecule has 57 heavy (non-hydrogen) atoms. The maximum atomic E-state index is 6.74. The molecule has 0 aliphatic heterocycles. The lowest BCUT2D eigenvalue weighted by Gasteiger charge is -2.19. The molecule has 0 radical (unpaired) electrons. The third kappa shape index (κ3) is 5.00. The van der Waals surface area contributed by atoms with Gasteiger partial charge in [0.25, 0.3) is 0 Å². The molecule has 0 N–H and O–H groups in total. The first-order valence-electron chi connectivity index (χ1n) is 19.3. The summed E-state index contributed by atoms with van der Waals surface area (Å²) in [6, 6.07) is 56.8. The predicted molar refractivity (Wildman–Crippen MR) is 229 cm³/mol. The van der Waals surface area contributed by atoms with Crippen molar-refractivity contribution in [1.29, 1.82) is 0 Å². The lowest BCUT2D eigenvalue weighted by atomic mass is 9.88. The van der Waals surface area contributed by atoms with Crippen LogP contribution in [0.15, 0.2) is 179 Å². The minimum atomic E-state index is -0.137. The zero-order valence-corrected chi connectivity index (χ0v) is 30.6. The molecule has 1 atom stereocenters. The van der Waals surface area contributed by atoms with E-state index in [9.17, 15) is 0 Å². The first-order valence-corrected chi connectivity index (χ1v) is 19.3. The Balaban J connectivity index is 1.03. The van der Waals surface area contributed by atoms with Gasteiger partial charge in [0.2, 0.25) is 0 Å². The first-order chi connectivity index (χ1) is 28.2. The minimum absolute atomic E-state index is 0.137. The number of furan rings is 2. The summed E-state index contributed by atoms with van der Waals surface area (Å²) in [7, 11) is 0. The summed E-state index contributed by atoms with van der Waals surface area (Å²) in [5.74, 6) is 2.70. The summed E-state index contributed by atoms with van der Waals surface area (Å²) < 4.78 is 15.7. The van der Waals surface area contributed by atoms with E-state index in [4.69, 9.17) is 23.8 Å². The van der Waals surface area contributed by atoms with E-state index >= 15 is 0 Å². The molecular formula is C51H32N4O2. The fraction of sp³-hybridized carbons (Fsp3) is 0.0392. The Hall–Kier alpha value is -7.57. The topological polar surface area (TPSA) is 69.9 Å². The van der Waals surface area contributed by atoms with Gasteiger partial charge in [-0.3, -0.25) is 0 Å². The quantitative estimate of drug-likeness (QED) is 0.176. The van der Waals surface area contributed by atoms with Crippen molar-refractivity contribution in [1.82, 2.24) is 19.5 Å². The third-order valence-electron chi connectivity index (χ3n) is 11.4. The van der Waals surface area contributed by atoms with E-state index in [1.54, 1.807) is 0 Å². The molecule has 1 unspecified atom stereocenters. The van der Waals surface area contributed by atoms with Crippen molar-refractivity contribution in [2.75, 3.05) is 0 Å². The van der Waals surface area contributed by atoms with Crippen molar-refractivity contribution in [2.45, 2.75) is 12.3 Å². The van der Waals surface area contributed by atoms with Crippen molar-refractivity contribution >= 4 is 60.8 Å². The van der Waals surface area contributed by atoms with Gasteiger partial charge in [-0.1, -0.05) is 127 Å². The highest BCUT2D eigenvalue weighted by molar-refractivity contribution is 6.21. The molecule has 0 spiro atoms. The number of hydrogen-bond donors (Lipinski definition) is 0. The Labute approximate surface area is 327 Å². The van der Waals surface area contributed by atoms with Crippen LogP contribution < -0.4 is 0 Å². The highest BCUT2D eigenvalue weighted by Crippen LogP contribution is 2.44. The second-order valence-corrected chi connectivity index (χ2v) is 14.7. The van der Waals surface area contributed by atoms with Crippen molar-refractivity contribution in [3.8, 4) is 39.6 Å². The van der Waals surface area contributed by atoms with Gasteiger partial charge in [-0.2, -0.15) is 0 Å². The average Bonchev–Trinajstić information content (AvgIpc) is 3.96. The van der Waals surface area contributed by atoms with Gasteiger partial charge in [0.15, 0.2) is 17.2 Å². The van der Waals surface area contributed by atoms with E-state index in [-0.39, 0.29) is 5.92 Å². The van der Waals surface area contributed by atoms with Gasteiger partial charge in [-0.15, -0.1) is 0 Å². The van der Waals surface area contributed by atoms with Gasteiger partial charge < -0.3 is 13.4 Å². The van der Waals surface area contributed by atoms with Crippen LogP contribution in [0, 0.1) is 0 Å². The Kier molecular flexibility index (Phi) is 6.95. The molecular weight excluding hydrogens is 701 g/mol. The van der Waals surface area contributed by atoms with E-state index in [2.05, 4.69) is 144 Å². The van der Waals surface area contributed by atoms with Crippen LogP contribution in [0.3, 0.4) is 0 Å². The molecule has 6 heteroatoms. The maximum Gasteiger partial charge on any atom is 0.163 e. The maximum absolute atomic E-state index is 6.74. The number of para-hydroxylation sites is 2. The molecule has 6 nitrogen and oxygen atoms in total. The Morgan fingerprint density at radius 3 is 2.04 bits per heavy atom. The second-order valence-electron chi connectivity index (χ2n) is 14.7. The SMILES string of the molecule is C1=Cc2oc3cc(-n4c5ccccc5c5ccc6c7ccccc7oc6c54)ccc3c2C(c2nc(-c3ccccc3)nc(-c3cccc(-c4ccccc4)c3)n2)C1. The van der Waals surface area contributed by atoms with Crippen LogP contribution in [0.2, 0.25) is 0 Å². The molecule has 0 saturated heterocycles. The molecule has 268 valence electrons. The number of nitrogens with zero attached hydrogens (tertiary/aromatic N) is 4. The number of rotatable bonds is 5. The summed E-state index contributed by atoms with van der Waals surface area (Å²) in [5.41, 5.74) is 10.9. The summed E-state index contributed by atoms with van der Waals surface area (Å²) in [6.45, 7) is 0. The van der Waals surface area contributed by atoms with Crippen LogP contribution in [0.1, 0.15) is 29.5 Å². The number of fused-ring (bicyclic) bond motifs is 10. The molecule has 0 fully saturated rings. The lowest BCUT2D eigenvalue weighted by Crippen LogP contribution is -2.11. The lowest BCUT2D eigenvalue weighted by molar-refractivity contribution is 0.586. The van der Waals surface area contributed by atoms with Crippen LogP contribution in [-0.2, 0) is 0 Å². The van der Waals surface area contributed by atoms with Gasteiger partial charge in [0, 0.05) is 49.7 Å². The van der Waals surface area contributed by atoms with Gasteiger partial charge in [-0.25, -0.2) is 15.0 Å². The summed E-state index contributed by atoms with van der Waals surface area (Å²) in [4.78, 5) is 15.5. The average molecular weight is 733 g/mol. The van der Waals surface area contributed by atoms with Crippen molar-refractivity contribution in [3.05, 3.63) is 187 Å². The molecule has 1 aliphatic rings. The highest BCUT2D eigenvalue weighted by atomic mass is 16.3. The van der Waals surface area contributed by atoms with Gasteiger partial charge in [-0.05, 0) is 60.0 Å². The Morgan fingerprint density at radius 1 is 0.491 bits per heavy atom. The highest BCUT2D eigenvalue weighted by Gasteiger charge is 2.29. The molecule has 0 bridgehead atoms. The van der Waals surface area contributed by atoms with Gasteiger partial charge in [0.05, 0.1) is 22.6 Å². The van der Waals surface area contributed by atoms with Gasteiger partial charge in [0.1, 0.15) is 22.8 Å². The zero-order valence-electron chi connectivity index (χ0n) is 30.6. The normalized spacial score (nSPS) is 14.0. The van der Waals surface area contributed by atoms with E-state index in [1.165, 1.54) is 5.39 Å². The second kappa shape index (κ2) is 12.5. The molecule has 11 aromatic rings. The number of hydrogen-bond acceptors (Lipinski definition) is 5. The molecule has 1 aliphatic carbocycles. The monoisotopic (exact) mass is 732 g/mol. The van der Waals surface area contributed by atoms with E-state index < -0.39 is 0 Å². The largest absolute Gasteiger partial charge is 0.456 e. The van der Waals surface area contributed by atoms with Crippen LogP contribution >= 0.6 is 0 Å². The number of allylic oxidation sites excluding steroid dienone is 1. The molecule has 12 rings (SSSR count). The van der Waals surface area contributed by atoms with Gasteiger partial charge >= 0.3 is 0 Å². The summed E-state index contributed by atoms with van der Waals surface area (Å²) in [5, 5.41) is 5.58. The predicted octanol–water partition coefficient (Wildman–Crippen LogP) is 13.2. The van der Waals surface area contributed by atoms with Crippen LogP contribution in [0.5, 0.6) is 0 Å². The van der Waals surface area contributed by atoms with Crippen molar-refractivity contribution < 1.29 is 8.83 Å². The number of benzene rings is 7. The first kappa shape index (κ1) is 31.7. The Morgan fingerprint density at radius 2 is 1.18 bits per heavy atom. The number of aromatic nitrogens is 4. The van der Waals surface area contributed by atoms with Crippen molar-refractivity contribution in [3.63, 3.8) is 0 Å². The molecule has 4 aromatic heterocycles. The summed E-state index contributed by atoms with van der Waals surface area (Å²) in [6.07, 6.45) is 5.00. The summed E-state index contributed by atoms with van der Waals surface area (Å²) >= 11 is 0. The Bertz CT molecular complexity index is 3390. The van der Waals surface area contributed by atoms with E-state index in [1.807, 2.05) is 36.4 Å². The van der Waals surface area contributed by atoms with Crippen LogP contribution in [0.25, 0.3) is 100 Å². The molecule has 4 heterocycles. The van der Waals surface area contributed by atoms with E-state index in [0.29, 0.717) is 11.6 Å². The molecule has 0 amide bonds.